The lowest BCUT2D eigenvalue weighted by molar-refractivity contribution is -0.145. The Morgan fingerprint density at radius 2 is 2.14 bits per heavy atom. The second kappa shape index (κ2) is 6.59. The molecule has 0 amide bonds. The first-order chi connectivity index (χ1) is 10.4. The van der Waals surface area contributed by atoms with Gasteiger partial charge in [0, 0.05) is 20.5 Å². The number of esters is 1. The molecular weight excluding hydrogens is 288 g/mol. The van der Waals surface area contributed by atoms with Crippen LogP contribution in [0.3, 0.4) is 0 Å². The van der Waals surface area contributed by atoms with E-state index >= 15 is 0 Å². The first-order valence-corrected chi connectivity index (χ1v) is 7.22. The van der Waals surface area contributed by atoms with E-state index in [1.807, 2.05) is 6.92 Å². The molecule has 2 rings (SSSR count). The van der Waals surface area contributed by atoms with Crippen LogP contribution in [0, 0.1) is 0 Å². The third-order valence-electron chi connectivity index (χ3n) is 3.52. The highest BCUT2D eigenvalue weighted by Gasteiger charge is 2.12. The zero-order chi connectivity index (χ0) is 16.3. The number of aromatic nitrogens is 4. The van der Waals surface area contributed by atoms with Gasteiger partial charge in [-0.3, -0.25) is 18.7 Å². The fourth-order valence-electron chi connectivity index (χ4n) is 2.43. The summed E-state index contributed by atoms with van der Waals surface area (Å²) in [5.41, 5.74) is -0.0496. The number of hydrogen-bond donors (Lipinski definition) is 1. The highest BCUT2D eigenvalue weighted by Crippen LogP contribution is 2.06. The Morgan fingerprint density at radius 1 is 1.41 bits per heavy atom. The van der Waals surface area contributed by atoms with Crippen LogP contribution >= 0.6 is 0 Å². The van der Waals surface area contributed by atoms with E-state index in [9.17, 15) is 14.4 Å². The smallest absolute Gasteiger partial charge is 0.332 e. The van der Waals surface area contributed by atoms with E-state index in [-0.39, 0.29) is 23.3 Å². The van der Waals surface area contributed by atoms with E-state index in [0.717, 1.165) is 6.42 Å². The quantitative estimate of drug-likeness (QED) is 0.620. The van der Waals surface area contributed by atoms with Gasteiger partial charge in [-0.15, -0.1) is 0 Å². The van der Waals surface area contributed by atoms with Gasteiger partial charge in [-0.2, -0.15) is 0 Å². The molecule has 0 saturated heterocycles. The zero-order valence-corrected chi connectivity index (χ0v) is 13.0. The van der Waals surface area contributed by atoms with Gasteiger partial charge in [-0.1, -0.05) is 0 Å². The van der Waals surface area contributed by atoms with Crippen molar-refractivity contribution in [3.8, 4) is 0 Å². The largest absolute Gasteiger partial charge is 0.463 e. The molecule has 0 aromatic carbocycles. The molecule has 8 heteroatoms. The van der Waals surface area contributed by atoms with Gasteiger partial charge in [0.2, 0.25) is 0 Å². The van der Waals surface area contributed by atoms with Crippen LogP contribution in [0.15, 0.2) is 15.9 Å². The van der Waals surface area contributed by atoms with Crippen LogP contribution < -0.4 is 11.2 Å². The number of carbonyl (C=O) groups is 1. The van der Waals surface area contributed by atoms with Gasteiger partial charge in [-0.25, -0.2) is 9.78 Å². The van der Waals surface area contributed by atoms with E-state index < -0.39 is 0 Å². The zero-order valence-electron chi connectivity index (χ0n) is 13.0. The SMILES string of the molecule is CC(=O)OC(C)CCCCn1c(=O)c2[nH]cnc2n(C)c1=O. The second-order valence-corrected chi connectivity index (χ2v) is 5.32. The van der Waals surface area contributed by atoms with Crippen LogP contribution in [0.1, 0.15) is 33.1 Å². The third-order valence-corrected chi connectivity index (χ3v) is 3.52. The molecule has 1 atom stereocenters. The van der Waals surface area contributed by atoms with Crippen molar-refractivity contribution < 1.29 is 9.53 Å². The maximum atomic E-state index is 12.2. The number of carbonyl (C=O) groups excluding carboxylic acids is 1. The van der Waals surface area contributed by atoms with Gasteiger partial charge in [0.15, 0.2) is 5.65 Å². The summed E-state index contributed by atoms with van der Waals surface area (Å²) in [6, 6.07) is 0. The van der Waals surface area contributed by atoms with Crippen LogP contribution in [0.4, 0.5) is 0 Å². The number of hydrogen-bond acceptors (Lipinski definition) is 5. The van der Waals surface area contributed by atoms with Gasteiger partial charge in [0.05, 0.1) is 12.4 Å². The molecule has 0 aliphatic rings. The van der Waals surface area contributed by atoms with Crippen LogP contribution in [-0.4, -0.2) is 31.2 Å². The number of aromatic amines is 1. The number of nitrogens with zero attached hydrogens (tertiary/aromatic N) is 3. The molecule has 22 heavy (non-hydrogen) atoms. The Labute approximate surface area is 126 Å². The third kappa shape index (κ3) is 3.26. The van der Waals surface area contributed by atoms with Gasteiger partial charge in [0.1, 0.15) is 5.52 Å². The number of unbranched alkanes of at least 4 members (excludes halogenated alkanes) is 1. The van der Waals surface area contributed by atoms with Crippen molar-refractivity contribution >= 4 is 17.1 Å². The number of aryl methyl sites for hydroxylation is 1. The molecule has 0 aliphatic heterocycles. The molecule has 8 nitrogen and oxygen atoms in total. The van der Waals surface area contributed by atoms with E-state index in [2.05, 4.69) is 9.97 Å². The predicted octanol–water partition coefficient (Wildman–Crippen LogP) is 0.545. The molecule has 2 aromatic heterocycles. The average Bonchev–Trinajstić information content (AvgIpc) is 2.93. The Hall–Kier alpha value is -2.38. The lowest BCUT2D eigenvalue weighted by atomic mass is 10.2. The maximum absolute atomic E-state index is 12.2. The summed E-state index contributed by atoms with van der Waals surface area (Å²) in [7, 11) is 1.59. The summed E-state index contributed by atoms with van der Waals surface area (Å²) in [6.07, 6.45) is 3.34. The topological polar surface area (TPSA) is 99.0 Å². The monoisotopic (exact) mass is 308 g/mol. The lowest BCUT2D eigenvalue weighted by Crippen LogP contribution is -2.39. The molecule has 0 spiro atoms. The number of ether oxygens (including phenoxy) is 1. The van der Waals surface area contributed by atoms with E-state index in [4.69, 9.17) is 4.74 Å². The van der Waals surface area contributed by atoms with Crippen LogP contribution in [0.25, 0.3) is 11.2 Å². The van der Waals surface area contributed by atoms with Gasteiger partial charge < -0.3 is 9.72 Å². The fraction of sp³-hybridized carbons (Fsp3) is 0.571. The molecular formula is C14H20N4O4. The molecule has 2 aromatic rings. The standard InChI is InChI=1S/C14H20N4O4/c1-9(22-10(2)19)6-4-5-7-18-13(20)11-12(16-8-15-11)17(3)14(18)21/h8-9H,4-7H2,1-3H3,(H,15,16). The normalized spacial score (nSPS) is 12.5. The highest BCUT2D eigenvalue weighted by molar-refractivity contribution is 5.68. The summed E-state index contributed by atoms with van der Waals surface area (Å²) in [5, 5.41) is 0. The molecule has 1 N–H and O–H groups in total. The summed E-state index contributed by atoms with van der Waals surface area (Å²) in [4.78, 5) is 42.0. The maximum Gasteiger partial charge on any atom is 0.332 e. The summed E-state index contributed by atoms with van der Waals surface area (Å²) in [5.74, 6) is -0.303. The Kier molecular flexibility index (Phi) is 4.79. The van der Waals surface area contributed by atoms with Crippen LogP contribution in [0.5, 0.6) is 0 Å². The van der Waals surface area contributed by atoms with Crippen LogP contribution in [-0.2, 0) is 23.1 Å². The molecule has 0 fully saturated rings. The Bertz CT molecular complexity index is 786. The van der Waals surface area contributed by atoms with E-state index in [1.54, 1.807) is 7.05 Å². The highest BCUT2D eigenvalue weighted by atomic mass is 16.5. The van der Waals surface area contributed by atoms with Crippen molar-refractivity contribution in [3.63, 3.8) is 0 Å². The minimum Gasteiger partial charge on any atom is -0.463 e. The van der Waals surface area contributed by atoms with E-state index in [1.165, 1.54) is 22.4 Å². The molecule has 0 saturated carbocycles. The summed E-state index contributed by atoms with van der Waals surface area (Å²) < 4.78 is 7.59. The lowest BCUT2D eigenvalue weighted by Gasteiger charge is -2.12. The molecule has 120 valence electrons. The average molecular weight is 308 g/mol. The number of H-pyrrole nitrogens is 1. The first kappa shape index (κ1) is 16.0. The number of rotatable bonds is 6. The first-order valence-electron chi connectivity index (χ1n) is 7.22. The minimum absolute atomic E-state index is 0.160. The van der Waals surface area contributed by atoms with Gasteiger partial charge in [0.25, 0.3) is 5.56 Å². The van der Waals surface area contributed by atoms with E-state index in [0.29, 0.717) is 30.6 Å². The molecule has 2 heterocycles. The Morgan fingerprint density at radius 3 is 2.82 bits per heavy atom. The molecule has 0 bridgehead atoms. The number of nitrogens with one attached hydrogen (secondary N) is 1. The van der Waals surface area contributed by atoms with Gasteiger partial charge in [-0.05, 0) is 26.2 Å². The van der Waals surface area contributed by atoms with Crippen molar-refractivity contribution in [2.75, 3.05) is 0 Å². The number of fused-ring (bicyclic) bond motifs is 1. The predicted molar refractivity (Wildman–Crippen MR) is 80.7 cm³/mol. The van der Waals surface area contributed by atoms with Crippen molar-refractivity contribution in [2.45, 2.75) is 45.8 Å². The van der Waals surface area contributed by atoms with Gasteiger partial charge >= 0.3 is 11.7 Å². The minimum atomic E-state index is -0.377. The Balaban J connectivity index is 2.05. The van der Waals surface area contributed by atoms with Crippen LogP contribution in [0.2, 0.25) is 0 Å². The van der Waals surface area contributed by atoms with Crippen molar-refractivity contribution in [1.82, 2.24) is 19.1 Å². The second-order valence-electron chi connectivity index (χ2n) is 5.32. The summed E-state index contributed by atoms with van der Waals surface area (Å²) in [6.45, 7) is 3.52. The number of imidazole rings is 1. The fourth-order valence-corrected chi connectivity index (χ4v) is 2.43. The van der Waals surface area contributed by atoms with Crippen molar-refractivity contribution in [2.24, 2.45) is 7.05 Å². The van der Waals surface area contributed by atoms with Crippen molar-refractivity contribution in [1.29, 1.82) is 0 Å². The molecule has 1 unspecified atom stereocenters. The van der Waals surface area contributed by atoms with Crippen molar-refractivity contribution in [3.05, 3.63) is 27.2 Å². The summed E-state index contributed by atoms with van der Waals surface area (Å²) >= 11 is 0. The molecule has 0 aliphatic carbocycles. The molecule has 0 radical (unpaired) electrons.